The molecule has 0 aliphatic heterocycles. The van der Waals surface area contributed by atoms with E-state index in [0.717, 1.165) is 17.9 Å². The van der Waals surface area contributed by atoms with Gasteiger partial charge in [-0.15, -0.1) is 0 Å². The van der Waals surface area contributed by atoms with Gasteiger partial charge >= 0.3 is 7.12 Å². The zero-order valence-electron chi connectivity index (χ0n) is 10.8. The maximum Gasteiger partial charge on any atom is 0.488 e. The first kappa shape index (κ1) is 12.9. The molecule has 2 bridgehead atoms. The van der Waals surface area contributed by atoms with Crippen LogP contribution in [0.25, 0.3) is 0 Å². The van der Waals surface area contributed by atoms with E-state index in [1.54, 1.807) is 0 Å². The van der Waals surface area contributed by atoms with E-state index in [2.05, 4.69) is 0 Å². The molecule has 0 spiro atoms. The van der Waals surface area contributed by atoms with Crippen LogP contribution >= 0.6 is 0 Å². The number of halogens is 1. The van der Waals surface area contributed by atoms with Crippen LogP contribution in [0.3, 0.4) is 0 Å². The average molecular weight is 264 g/mol. The molecule has 2 aliphatic carbocycles. The minimum atomic E-state index is -1.67. The van der Waals surface area contributed by atoms with E-state index in [0.29, 0.717) is 18.3 Å². The highest BCUT2D eigenvalue weighted by atomic mass is 19.1. The SMILES string of the molecule is OB(O)c1cc(F)cc(OCC2CC3CCC2C3)c1. The molecule has 0 amide bonds. The van der Waals surface area contributed by atoms with Crippen molar-refractivity contribution >= 4 is 12.6 Å². The van der Waals surface area contributed by atoms with Crippen molar-refractivity contribution in [3.05, 3.63) is 24.0 Å². The maximum absolute atomic E-state index is 13.3. The summed E-state index contributed by atoms with van der Waals surface area (Å²) in [6, 6.07) is 3.88. The van der Waals surface area contributed by atoms with Crippen molar-refractivity contribution in [2.45, 2.75) is 25.7 Å². The van der Waals surface area contributed by atoms with Crippen molar-refractivity contribution in [1.29, 1.82) is 0 Å². The molecule has 19 heavy (non-hydrogen) atoms. The van der Waals surface area contributed by atoms with Gasteiger partial charge in [-0.05, 0) is 54.6 Å². The standard InChI is InChI=1S/C14H18BFO3/c16-13-5-12(15(17)18)6-14(7-13)19-8-11-4-9-1-2-10(11)3-9/h5-7,9-11,17-18H,1-4,8H2. The molecule has 0 radical (unpaired) electrons. The number of hydrogen-bond donors (Lipinski definition) is 2. The summed E-state index contributed by atoms with van der Waals surface area (Å²) in [5, 5.41) is 18.1. The Hall–Kier alpha value is -1.07. The zero-order valence-corrected chi connectivity index (χ0v) is 10.8. The first-order chi connectivity index (χ1) is 9.11. The highest BCUT2D eigenvalue weighted by molar-refractivity contribution is 6.58. The second kappa shape index (κ2) is 5.14. The molecule has 3 nitrogen and oxygen atoms in total. The fourth-order valence-corrected chi connectivity index (χ4v) is 3.60. The van der Waals surface area contributed by atoms with Crippen LogP contribution in [0.4, 0.5) is 4.39 Å². The van der Waals surface area contributed by atoms with Crippen LogP contribution in [0.1, 0.15) is 25.7 Å². The lowest BCUT2D eigenvalue weighted by Gasteiger charge is -2.21. The third-order valence-corrected chi connectivity index (χ3v) is 4.54. The first-order valence-electron chi connectivity index (χ1n) is 6.91. The molecule has 2 fully saturated rings. The van der Waals surface area contributed by atoms with Gasteiger partial charge in [-0.2, -0.15) is 0 Å². The third-order valence-electron chi connectivity index (χ3n) is 4.54. The van der Waals surface area contributed by atoms with Crippen LogP contribution in [-0.4, -0.2) is 23.8 Å². The van der Waals surface area contributed by atoms with Gasteiger partial charge in [0.25, 0.3) is 0 Å². The van der Waals surface area contributed by atoms with Gasteiger partial charge in [0.1, 0.15) is 11.6 Å². The summed E-state index contributed by atoms with van der Waals surface area (Å²) in [5.74, 6) is 2.08. The fourth-order valence-electron chi connectivity index (χ4n) is 3.60. The Labute approximate surface area is 112 Å². The van der Waals surface area contributed by atoms with E-state index in [9.17, 15) is 4.39 Å². The van der Waals surface area contributed by atoms with Crippen LogP contribution in [0, 0.1) is 23.6 Å². The maximum atomic E-state index is 13.3. The van der Waals surface area contributed by atoms with Crippen molar-refractivity contribution in [2.24, 2.45) is 17.8 Å². The molecule has 0 saturated heterocycles. The van der Waals surface area contributed by atoms with Crippen molar-refractivity contribution in [3.63, 3.8) is 0 Å². The summed E-state index contributed by atoms with van der Waals surface area (Å²) in [4.78, 5) is 0. The van der Waals surface area contributed by atoms with E-state index in [1.807, 2.05) is 0 Å². The third kappa shape index (κ3) is 2.77. The molecular weight excluding hydrogens is 246 g/mol. The normalized spacial score (nSPS) is 28.7. The Kier molecular flexibility index (Phi) is 3.50. The van der Waals surface area contributed by atoms with E-state index in [4.69, 9.17) is 14.8 Å². The molecule has 2 N–H and O–H groups in total. The van der Waals surface area contributed by atoms with Gasteiger partial charge in [0, 0.05) is 6.07 Å². The molecule has 1 aromatic carbocycles. The molecule has 0 aromatic heterocycles. The van der Waals surface area contributed by atoms with Gasteiger partial charge < -0.3 is 14.8 Å². The smallest absolute Gasteiger partial charge is 0.488 e. The van der Waals surface area contributed by atoms with Gasteiger partial charge in [0.2, 0.25) is 0 Å². The van der Waals surface area contributed by atoms with Crippen molar-refractivity contribution in [3.8, 4) is 5.75 Å². The Bertz CT molecular complexity index is 466. The predicted molar refractivity (Wildman–Crippen MR) is 70.7 cm³/mol. The number of rotatable bonds is 4. The summed E-state index contributed by atoms with van der Waals surface area (Å²) in [5.41, 5.74) is 0.128. The molecular formula is C14H18BFO3. The predicted octanol–water partition coefficient (Wildman–Crippen LogP) is 1.32. The zero-order chi connectivity index (χ0) is 13.4. The van der Waals surface area contributed by atoms with Gasteiger partial charge in [0.15, 0.2) is 0 Å². The van der Waals surface area contributed by atoms with E-state index in [-0.39, 0.29) is 5.46 Å². The Morgan fingerprint density at radius 2 is 2.05 bits per heavy atom. The van der Waals surface area contributed by atoms with E-state index < -0.39 is 12.9 Å². The summed E-state index contributed by atoms with van der Waals surface area (Å²) in [6.07, 6.45) is 5.18. The monoisotopic (exact) mass is 264 g/mol. The lowest BCUT2D eigenvalue weighted by molar-refractivity contribution is 0.195. The van der Waals surface area contributed by atoms with Crippen LogP contribution in [0.15, 0.2) is 18.2 Å². The topological polar surface area (TPSA) is 49.7 Å². The Balaban J connectivity index is 1.63. The van der Waals surface area contributed by atoms with E-state index in [1.165, 1.54) is 37.8 Å². The average Bonchev–Trinajstić information content (AvgIpc) is 2.97. The number of ether oxygens (including phenoxy) is 1. The molecule has 1 aromatic rings. The number of benzene rings is 1. The van der Waals surface area contributed by atoms with Gasteiger partial charge in [0.05, 0.1) is 6.61 Å². The van der Waals surface area contributed by atoms with Crippen LogP contribution in [0.2, 0.25) is 0 Å². The highest BCUT2D eigenvalue weighted by Crippen LogP contribution is 2.48. The molecule has 3 unspecified atom stereocenters. The van der Waals surface area contributed by atoms with Gasteiger partial charge in [-0.3, -0.25) is 0 Å². The van der Waals surface area contributed by atoms with Crippen LogP contribution in [-0.2, 0) is 0 Å². The second-order valence-corrected chi connectivity index (χ2v) is 5.84. The van der Waals surface area contributed by atoms with Crippen molar-refractivity contribution in [2.75, 3.05) is 6.61 Å². The molecule has 2 aliphatic rings. The molecule has 3 atom stereocenters. The van der Waals surface area contributed by atoms with E-state index >= 15 is 0 Å². The Morgan fingerprint density at radius 1 is 1.21 bits per heavy atom. The highest BCUT2D eigenvalue weighted by Gasteiger charge is 2.39. The quantitative estimate of drug-likeness (QED) is 0.806. The van der Waals surface area contributed by atoms with Gasteiger partial charge in [-0.1, -0.05) is 6.42 Å². The van der Waals surface area contributed by atoms with Crippen LogP contribution < -0.4 is 10.2 Å². The second-order valence-electron chi connectivity index (χ2n) is 5.84. The molecule has 102 valence electrons. The summed E-state index contributed by atoms with van der Waals surface area (Å²) >= 11 is 0. The fraction of sp³-hybridized carbons (Fsp3) is 0.571. The number of fused-ring (bicyclic) bond motifs is 2. The van der Waals surface area contributed by atoms with Gasteiger partial charge in [-0.25, -0.2) is 4.39 Å². The van der Waals surface area contributed by atoms with Crippen molar-refractivity contribution < 1.29 is 19.2 Å². The summed E-state index contributed by atoms with van der Waals surface area (Å²) in [6.45, 7) is 0.603. The van der Waals surface area contributed by atoms with Crippen LogP contribution in [0.5, 0.6) is 5.75 Å². The molecule has 5 heteroatoms. The van der Waals surface area contributed by atoms with Crippen molar-refractivity contribution in [1.82, 2.24) is 0 Å². The lowest BCUT2D eigenvalue weighted by Crippen LogP contribution is -2.30. The minimum absolute atomic E-state index is 0.128. The minimum Gasteiger partial charge on any atom is -0.493 e. The Morgan fingerprint density at radius 3 is 2.68 bits per heavy atom. The number of hydrogen-bond acceptors (Lipinski definition) is 3. The molecule has 2 saturated carbocycles. The lowest BCUT2D eigenvalue weighted by atomic mass is 9.80. The molecule has 3 rings (SSSR count). The first-order valence-corrected chi connectivity index (χ1v) is 6.91. The summed E-state index contributed by atoms with van der Waals surface area (Å²) < 4.78 is 19.0. The molecule has 0 heterocycles. The summed E-state index contributed by atoms with van der Waals surface area (Å²) in [7, 11) is -1.67. The largest absolute Gasteiger partial charge is 0.493 e.